The maximum atomic E-state index is 10.5. The Morgan fingerprint density at radius 3 is 2.58 bits per heavy atom. The van der Waals surface area contributed by atoms with Crippen molar-refractivity contribution in [3.8, 4) is 0 Å². The van der Waals surface area contributed by atoms with E-state index < -0.39 is 0 Å². The highest BCUT2D eigenvalue weighted by molar-refractivity contribution is 8.76. The maximum absolute atomic E-state index is 10.5. The lowest BCUT2D eigenvalue weighted by molar-refractivity contribution is -0.116. The summed E-state index contributed by atoms with van der Waals surface area (Å²) < 4.78 is 0. The fraction of sp³-hybridized carbons (Fsp3) is 0.875. The second kappa shape index (κ2) is 9.42. The largest absolute Gasteiger partial charge is 0.316 e. The van der Waals surface area contributed by atoms with E-state index in [1.807, 2.05) is 10.8 Å². The SMILES string of the molecule is CCNCCSSCCC(C)=O. The van der Waals surface area contributed by atoms with Crippen LogP contribution in [-0.2, 0) is 4.79 Å². The summed E-state index contributed by atoms with van der Waals surface area (Å²) in [5.41, 5.74) is 0. The molecule has 0 bridgehead atoms. The van der Waals surface area contributed by atoms with Gasteiger partial charge in [0.25, 0.3) is 0 Å². The first-order chi connectivity index (χ1) is 5.77. The molecule has 0 spiro atoms. The summed E-state index contributed by atoms with van der Waals surface area (Å²) in [4.78, 5) is 10.5. The minimum absolute atomic E-state index is 0.287. The van der Waals surface area contributed by atoms with E-state index in [9.17, 15) is 4.79 Å². The summed E-state index contributed by atoms with van der Waals surface area (Å²) >= 11 is 0. The van der Waals surface area contributed by atoms with E-state index in [0.717, 1.165) is 24.6 Å². The van der Waals surface area contributed by atoms with Gasteiger partial charge in [0.1, 0.15) is 5.78 Å². The highest BCUT2D eigenvalue weighted by Gasteiger charge is 1.93. The molecule has 0 fully saturated rings. The average molecular weight is 207 g/mol. The molecule has 0 aliphatic heterocycles. The van der Waals surface area contributed by atoms with Crippen LogP contribution in [0, 0.1) is 0 Å². The smallest absolute Gasteiger partial charge is 0.130 e. The molecule has 0 amide bonds. The molecule has 0 atom stereocenters. The predicted molar refractivity (Wildman–Crippen MR) is 58.8 cm³/mol. The minimum atomic E-state index is 0.287. The van der Waals surface area contributed by atoms with Crippen molar-refractivity contribution in [2.24, 2.45) is 0 Å². The second-order valence-corrected chi connectivity index (χ2v) is 5.15. The molecule has 72 valence electrons. The van der Waals surface area contributed by atoms with Gasteiger partial charge in [0.15, 0.2) is 0 Å². The first-order valence-electron chi connectivity index (χ1n) is 4.22. The number of hydrogen-bond acceptors (Lipinski definition) is 4. The van der Waals surface area contributed by atoms with Crippen molar-refractivity contribution in [3.63, 3.8) is 0 Å². The fourth-order valence-corrected chi connectivity index (χ4v) is 2.64. The van der Waals surface area contributed by atoms with Crippen molar-refractivity contribution < 1.29 is 4.79 Å². The molecule has 12 heavy (non-hydrogen) atoms. The first kappa shape index (κ1) is 12.3. The van der Waals surface area contributed by atoms with E-state index >= 15 is 0 Å². The van der Waals surface area contributed by atoms with Crippen molar-refractivity contribution in [1.82, 2.24) is 5.32 Å². The van der Waals surface area contributed by atoms with Crippen molar-refractivity contribution >= 4 is 27.4 Å². The number of hydrogen-bond donors (Lipinski definition) is 1. The zero-order chi connectivity index (χ0) is 9.23. The molecular formula is C8H17NOS2. The van der Waals surface area contributed by atoms with Crippen molar-refractivity contribution in [1.29, 1.82) is 0 Å². The van der Waals surface area contributed by atoms with Gasteiger partial charge in [0.2, 0.25) is 0 Å². The third-order valence-corrected chi connectivity index (χ3v) is 3.64. The number of rotatable bonds is 8. The topological polar surface area (TPSA) is 29.1 Å². The van der Waals surface area contributed by atoms with Crippen LogP contribution in [-0.4, -0.2) is 30.4 Å². The van der Waals surface area contributed by atoms with Crippen LogP contribution >= 0.6 is 21.6 Å². The van der Waals surface area contributed by atoms with Gasteiger partial charge in [-0.25, -0.2) is 0 Å². The van der Waals surface area contributed by atoms with E-state index in [1.54, 1.807) is 17.7 Å². The molecule has 2 nitrogen and oxygen atoms in total. The highest BCUT2D eigenvalue weighted by Crippen LogP contribution is 2.20. The van der Waals surface area contributed by atoms with Crippen LogP contribution in [0.25, 0.3) is 0 Å². The molecule has 4 heteroatoms. The van der Waals surface area contributed by atoms with Gasteiger partial charge >= 0.3 is 0 Å². The molecule has 0 unspecified atom stereocenters. The Balaban J connectivity index is 2.86. The summed E-state index contributed by atoms with van der Waals surface area (Å²) in [6.45, 7) is 5.85. The third kappa shape index (κ3) is 10.3. The lowest BCUT2D eigenvalue weighted by Gasteiger charge is -2.00. The van der Waals surface area contributed by atoms with Gasteiger partial charge < -0.3 is 5.32 Å². The van der Waals surface area contributed by atoms with Crippen LogP contribution in [0.15, 0.2) is 0 Å². The zero-order valence-electron chi connectivity index (χ0n) is 7.76. The minimum Gasteiger partial charge on any atom is -0.316 e. The molecule has 0 aromatic carbocycles. The molecule has 0 heterocycles. The Morgan fingerprint density at radius 2 is 2.00 bits per heavy atom. The van der Waals surface area contributed by atoms with Crippen LogP contribution in [0.3, 0.4) is 0 Å². The molecule has 0 aromatic rings. The molecule has 1 N–H and O–H groups in total. The van der Waals surface area contributed by atoms with Gasteiger partial charge in [-0.05, 0) is 13.5 Å². The van der Waals surface area contributed by atoms with Crippen molar-refractivity contribution in [2.75, 3.05) is 24.6 Å². The number of nitrogens with one attached hydrogen (secondary N) is 1. The Bertz CT molecular complexity index is 120. The Morgan fingerprint density at radius 1 is 1.33 bits per heavy atom. The summed E-state index contributed by atoms with van der Waals surface area (Å²) in [7, 11) is 3.62. The Hall–Kier alpha value is 0.330. The lowest BCUT2D eigenvalue weighted by atomic mass is 10.4. The predicted octanol–water partition coefficient (Wildman–Crippen LogP) is 1.96. The van der Waals surface area contributed by atoms with Crippen molar-refractivity contribution in [3.05, 3.63) is 0 Å². The molecule has 0 saturated heterocycles. The second-order valence-electron chi connectivity index (χ2n) is 2.45. The van der Waals surface area contributed by atoms with Gasteiger partial charge in [-0.15, -0.1) is 0 Å². The monoisotopic (exact) mass is 207 g/mol. The number of Topliss-reactive ketones (excluding diaryl/α,β-unsaturated/α-hetero) is 1. The van der Waals surface area contributed by atoms with Gasteiger partial charge in [0.05, 0.1) is 0 Å². The third-order valence-electron chi connectivity index (χ3n) is 1.23. The maximum Gasteiger partial charge on any atom is 0.130 e. The van der Waals surface area contributed by atoms with E-state index in [1.165, 1.54) is 0 Å². The average Bonchev–Trinajstić information content (AvgIpc) is 2.02. The molecule has 0 aliphatic carbocycles. The van der Waals surface area contributed by atoms with Crippen LogP contribution < -0.4 is 5.32 Å². The summed E-state index contributed by atoms with van der Waals surface area (Å²) in [6, 6.07) is 0. The highest BCUT2D eigenvalue weighted by atomic mass is 33.1. The van der Waals surface area contributed by atoms with Gasteiger partial charge in [0, 0.05) is 24.5 Å². The molecule has 0 radical (unpaired) electrons. The fourth-order valence-electron chi connectivity index (χ4n) is 0.594. The quantitative estimate of drug-likeness (QED) is 0.486. The molecule has 0 rings (SSSR count). The van der Waals surface area contributed by atoms with Crippen LogP contribution in [0.2, 0.25) is 0 Å². The number of carbonyl (C=O) groups excluding carboxylic acids is 1. The number of ketones is 1. The zero-order valence-corrected chi connectivity index (χ0v) is 9.39. The van der Waals surface area contributed by atoms with E-state index in [4.69, 9.17) is 0 Å². The molecule has 0 aliphatic rings. The van der Waals surface area contributed by atoms with E-state index in [2.05, 4.69) is 12.2 Å². The number of carbonyl (C=O) groups is 1. The van der Waals surface area contributed by atoms with Crippen LogP contribution in [0.1, 0.15) is 20.3 Å². The normalized spacial score (nSPS) is 10.2. The standard InChI is InChI=1S/C8H17NOS2/c1-3-9-5-7-12-11-6-4-8(2)10/h9H,3-7H2,1-2H3. The molecular weight excluding hydrogens is 190 g/mol. The van der Waals surface area contributed by atoms with Crippen molar-refractivity contribution in [2.45, 2.75) is 20.3 Å². The Kier molecular flexibility index (Phi) is 9.68. The summed E-state index contributed by atoms with van der Waals surface area (Å²) in [5, 5.41) is 3.25. The van der Waals surface area contributed by atoms with Gasteiger partial charge in [-0.1, -0.05) is 28.5 Å². The lowest BCUT2D eigenvalue weighted by Crippen LogP contribution is -2.15. The van der Waals surface area contributed by atoms with Crippen LogP contribution in [0.5, 0.6) is 0 Å². The summed E-state index contributed by atoms with van der Waals surface area (Å²) in [5.74, 6) is 2.36. The summed E-state index contributed by atoms with van der Waals surface area (Å²) in [6.07, 6.45) is 0.707. The van der Waals surface area contributed by atoms with E-state index in [-0.39, 0.29) is 5.78 Å². The first-order valence-corrected chi connectivity index (χ1v) is 6.70. The van der Waals surface area contributed by atoms with Gasteiger partial charge in [-0.3, -0.25) is 4.79 Å². The van der Waals surface area contributed by atoms with E-state index in [0.29, 0.717) is 6.42 Å². The Labute approximate surface area is 82.7 Å². The van der Waals surface area contributed by atoms with Gasteiger partial charge in [-0.2, -0.15) is 0 Å². The van der Waals surface area contributed by atoms with Crippen LogP contribution in [0.4, 0.5) is 0 Å². The molecule has 0 saturated carbocycles. The molecule has 0 aromatic heterocycles.